The highest BCUT2D eigenvalue weighted by molar-refractivity contribution is 7.92. The van der Waals surface area contributed by atoms with E-state index in [1.54, 1.807) is 0 Å². The minimum Gasteiger partial charge on any atom is -0.381 e. The summed E-state index contributed by atoms with van der Waals surface area (Å²) in [7, 11) is -3.28. The third kappa shape index (κ3) is 1.96. The van der Waals surface area contributed by atoms with Crippen LogP contribution >= 0.6 is 0 Å². The standard InChI is InChI=1S/C13H20N2O2S/c1-9-6-7-11-12(10(9)2)14-8-13(3,4)15(11)18(5,16)17/h6-7,14H,8H2,1-5H3. The van der Waals surface area contributed by atoms with Crippen LogP contribution in [0.25, 0.3) is 0 Å². The van der Waals surface area contributed by atoms with Crippen LogP contribution < -0.4 is 9.62 Å². The Morgan fingerprint density at radius 1 is 1.28 bits per heavy atom. The molecule has 2 rings (SSSR count). The lowest BCUT2D eigenvalue weighted by molar-refractivity contribution is 0.514. The van der Waals surface area contributed by atoms with E-state index >= 15 is 0 Å². The zero-order chi connectivity index (χ0) is 13.7. The maximum absolute atomic E-state index is 12.1. The van der Waals surface area contributed by atoms with Crippen LogP contribution in [0.4, 0.5) is 11.4 Å². The van der Waals surface area contributed by atoms with E-state index in [4.69, 9.17) is 0 Å². The van der Waals surface area contributed by atoms with Crippen LogP contribution in [-0.4, -0.2) is 26.8 Å². The Hall–Kier alpha value is -1.23. The molecule has 1 aromatic rings. The second-order valence-corrected chi connectivity index (χ2v) is 7.43. The molecule has 0 radical (unpaired) electrons. The van der Waals surface area contributed by atoms with Crippen LogP contribution in [0.2, 0.25) is 0 Å². The number of fused-ring (bicyclic) bond motifs is 1. The van der Waals surface area contributed by atoms with Gasteiger partial charge in [0.2, 0.25) is 10.0 Å². The lowest BCUT2D eigenvalue weighted by Gasteiger charge is -2.44. The van der Waals surface area contributed by atoms with Crippen molar-refractivity contribution < 1.29 is 8.42 Å². The van der Waals surface area contributed by atoms with Gasteiger partial charge >= 0.3 is 0 Å². The van der Waals surface area contributed by atoms with E-state index in [2.05, 4.69) is 5.32 Å². The molecule has 1 aliphatic rings. The first-order valence-corrected chi connectivity index (χ1v) is 7.84. The molecule has 4 nitrogen and oxygen atoms in total. The topological polar surface area (TPSA) is 49.4 Å². The van der Waals surface area contributed by atoms with Crippen molar-refractivity contribution in [3.8, 4) is 0 Å². The van der Waals surface area contributed by atoms with E-state index in [0.717, 1.165) is 22.5 Å². The molecular formula is C13H20N2O2S. The number of benzene rings is 1. The van der Waals surface area contributed by atoms with Crippen molar-refractivity contribution in [1.82, 2.24) is 0 Å². The maximum atomic E-state index is 12.1. The molecule has 0 fully saturated rings. The number of rotatable bonds is 1. The van der Waals surface area contributed by atoms with Gasteiger partial charge in [-0.15, -0.1) is 0 Å². The SMILES string of the molecule is Cc1ccc2c(c1C)NCC(C)(C)N2S(C)(=O)=O. The Morgan fingerprint density at radius 3 is 2.44 bits per heavy atom. The van der Waals surface area contributed by atoms with Gasteiger partial charge in [-0.2, -0.15) is 0 Å². The number of anilines is 2. The largest absolute Gasteiger partial charge is 0.381 e. The Bertz CT molecular complexity index is 591. The van der Waals surface area contributed by atoms with Crippen LogP contribution in [0, 0.1) is 13.8 Å². The Morgan fingerprint density at radius 2 is 1.89 bits per heavy atom. The van der Waals surface area contributed by atoms with Crippen LogP contribution in [0.15, 0.2) is 12.1 Å². The van der Waals surface area contributed by atoms with E-state index in [1.165, 1.54) is 10.6 Å². The molecule has 0 unspecified atom stereocenters. The average Bonchev–Trinajstić information content (AvgIpc) is 2.20. The highest BCUT2D eigenvalue weighted by Crippen LogP contribution is 2.40. The van der Waals surface area contributed by atoms with Gasteiger partial charge in [-0.3, -0.25) is 4.31 Å². The fourth-order valence-corrected chi connectivity index (χ4v) is 4.00. The minimum absolute atomic E-state index is 0.456. The first-order chi connectivity index (χ1) is 8.14. The number of sulfonamides is 1. The highest BCUT2D eigenvalue weighted by Gasteiger charge is 2.39. The number of nitrogens with zero attached hydrogens (tertiary/aromatic N) is 1. The monoisotopic (exact) mass is 268 g/mol. The summed E-state index contributed by atoms with van der Waals surface area (Å²) in [6.45, 7) is 8.51. The molecule has 18 heavy (non-hydrogen) atoms. The molecule has 0 aliphatic carbocycles. The summed E-state index contributed by atoms with van der Waals surface area (Å²) >= 11 is 0. The molecule has 0 bridgehead atoms. The van der Waals surface area contributed by atoms with Crippen LogP contribution in [0.1, 0.15) is 25.0 Å². The van der Waals surface area contributed by atoms with Crippen molar-refractivity contribution >= 4 is 21.4 Å². The van der Waals surface area contributed by atoms with Gasteiger partial charge < -0.3 is 5.32 Å². The summed E-state index contributed by atoms with van der Waals surface area (Å²) in [6, 6.07) is 3.85. The number of nitrogens with one attached hydrogen (secondary N) is 1. The van der Waals surface area contributed by atoms with Gasteiger partial charge in [0.1, 0.15) is 0 Å². The van der Waals surface area contributed by atoms with Crippen molar-refractivity contribution in [1.29, 1.82) is 0 Å². The number of aryl methyl sites for hydroxylation is 1. The fraction of sp³-hybridized carbons (Fsp3) is 0.538. The molecule has 0 saturated carbocycles. The zero-order valence-corrected chi connectivity index (χ0v) is 12.4. The molecule has 100 valence electrons. The molecule has 0 aromatic heterocycles. The molecule has 5 heteroatoms. The number of hydrogen-bond acceptors (Lipinski definition) is 3. The highest BCUT2D eigenvalue weighted by atomic mass is 32.2. The summed E-state index contributed by atoms with van der Waals surface area (Å²) in [5.41, 5.74) is 3.49. The fourth-order valence-electron chi connectivity index (χ4n) is 2.52. The van der Waals surface area contributed by atoms with Gasteiger partial charge in [-0.25, -0.2) is 8.42 Å². The summed E-state index contributed by atoms with van der Waals surface area (Å²) < 4.78 is 25.6. The normalized spacial score (nSPS) is 18.2. The molecule has 1 aliphatic heterocycles. The predicted molar refractivity (Wildman–Crippen MR) is 75.8 cm³/mol. The number of hydrogen-bond donors (Lipinski definition) is 1. The maximum Gasteiger partial charge on any atom is 0.232 e. The van der Waals surface area contributed by atoms with Crippen molar-refractivity contribution in [3.63, 3.8) is 0 Å². The molecule has 1 aromatic carbocycles. The van der Waals surface area contributed by atoms with Gasteiger partial charge in [0.05, 0.1) is 23.2 Å². The van der Waals surface area contributed by atoms with E-state index in [1.807, 2.05) is 39.8 Å². The molecule has 0 saturated heterocycles. The summed E-state index contributed by atoms with van der Waals surface area (Å²) in [5, 5.41) is 3.36. The van der Waals surface area contributed by atoms with Gasteiger partial charge in [0, 0.05) is 6.54 Å². The van der Waals surface area contributed by atoms with Gasteiger partial charge in [-0.1, -0.05) is 6.07 Å². The third-order valence-electron chi connectivity index (χ3n) is 3.51. The van der Waals surface area contributed by atoms with Crippen molar-refractivity contribution in [2.75, 3.05) is 22.4 Å². The Labute approximate surface area is 109 Å². The van der Waals surface area contributed by atoms with E-state index in [0.29, 0.717) is 6.54 Å². The molecular weight excluding hydrogens is 248 g/mol. The average molecular weight is 268 g/mol. The quantitative estimate of drug-likeness (QED) is 0.850. The lowest BCUT2D eigenvalue weighted by Crippen LogP contribution is -2.54. The second kappa shape index (κ2) is 3.88. The van der Waals surface area contributed by atoms with Gasteiger partial charge in [0.25, 0.3) is 0 Å². The summed E-state index contributed by atoms with van der Waals surface area (Å²) in [4.78, 5) is 0. The Balaban J connectivity index is 2.71. The lowest BCUT2D eigenvalue weighted by atomic mass is 9.97. The Kier molecular flexibility index (Phi) is 2.85. The molecule has 0 amide bonds. The summed E-state index contributed by atoms with van der Waals surface area (Å²) in [5.74, 6) is 0. The van der Waals surface area contributed by atoms with Crippen LogP contribution in [-0.2, 0) is 10.0 Å². The first kappa shape index (κ1) is 13.2. The van der Waals surface area contributed by atoms with E-state index in [-0.39, 0.29) is 0 Å². The van der Waals surface area contributed by atoms with E-state index < -0.39 is 15.6 Å². The van der Waals surface area contributed by atoms with Crippen molar-refractivity contribution in [2.45, 2.75) is 33.2 Å². The van der Waals surface area contributed by atoms with Crippen molar-refractivity contribution in [2.24, 2.45) is 0 Å². The summed E-state index contributed by atoms with van der Waals surface area (Å²) in [6.07, 6.45) is 1.26. The second-order valence-electron chi connectivity index (χ2n) is 5.59. The smallest absolute Gasteiger partial charge is 0.232 e. The molecule has 1 N–H and O–H groups in total. The van der Waals surface area contributed by atoms with Gasteiger partial charge in [0.15, 0.2) is 0 Å². The van der Waals surface area contributed by atoms with Crippen LogP contribution in [0.5, 0.6) is 0 Å². The third-order valence-corrected chi connectivity index (χ3v) is 4.87. The molecule has 1 heterocycles. The zero-order valence-electron chi connectivity index (χ0n) is 11.5. The van der Waals surface area contributed by atoms with Gasteiger partial charge in [-0.05, 0) is 44.9 Å². The first-order valence-electron chi connectivity index (χ1n) is 5.99. The molecule has 0 atom stereocenters. The minimum atomic E-state index is -3.28. The van der Waals surface area contributed by atoms with E-state index in [9.17, 15) is 8.42 Å². The molecule has 0 spiro atoms. The van der Waals surface area contributed by atoms with Crippen LogP contribution in [0.3, 0.4) is 0 Å². The predicted octanol–water partition coefficient (Wildman–Crippen LogP) is 2.27. The van der Waals surface area contributed by atoms with Crippen molar-refractivity contribution in [3.05, 3.63) is 23.3 Å².